The van der Waals surface area contributed by atoms with Crippen LogP contribution in [0.5, 0.6) is 0 Å². The Morgan fingerprint density at radius 2 is 1.73 bits per heavy atom. The van der Waals surface area contributed by atoms with Crippen LogP contribution in [-0.2, 0) is 16.6 Å². The standard InChI is InChI=1S/C19H20FNO/c1-14-2-4-15(5-3-14)12-18(22)21-13-19(10-11-19)16-6-8-17(20)9-7-16/h2-9H,10-13H2,1H3,(H,21,22). The Labute approximate surface area is 130 Å². The van der Waals surface area contributed by atoms with Gasteiger partial charge in [0.25, 0.3) is 0 Å². The zero-order valence-electron chi connectivity index (χ0n) is 12.7. The van der Waals surface area contributed by atoms with Gasteiger partial charge in [-0.25, -0.2) is 4.39 Å². The van der Waals surface area contributed by atoms with Gasteiger partial charge in [-0.05, 0) is 43.0 Å². The van der Waals surface area contributed by atoms with Gasteiger partial charge in [0.1, 0.15) is 5.82 Å². The van der Waals surface area contributed by atoms with Crippen LogP contribution in [-0.4, -0.2) is 12.5 Å². The molecule has 3 heteroatoms. The van der Waals surface area contributed by atoms with Crippen LogP contribution in [0.3, 0.4) is 0 Å². The predicted octanol–water partition coefficient (Wildman–Crippen LogP) is 3.52. The third-order valence-electron chi connectivity index (χ3n) is 4.42. The lowest BCUT2D eigenvalue weighted by molar-refractivity contribution is -0.120. The number of aryl methyl sites for hydroxylation is 1. The van der Waals surface area contributed by atoms with Crippen molar-refractivity contribution in [1.29, 1.82) is 0 Å². The highest BCUT2D eigenvalue weighted by Crippen LogP contribution is 2.47. The second kappa shape index (κ2) is 5.91. The molecule has 0 saturated heterocycles. The molecule has 0 atom stereocenters. The fourth-order valence-electron chi connectivity index (χ4n) is 2.74. The van der Waals surface area contributed by atoms with Crippen molar-refractivity contribution in [1.82, 2.24) is 5.32 Å². The Balaban J connectivity index is 1.56. The molecule has 0 radical (unpaired) electrons. The molecule has 1 aliphatic carbocycles. The first kappa shape index (κ1) is 14.8. The third-order valence-corrected chi connectivity index (χ3v) is 4.42. The van der Waals surface area contributed by atoms with E-state index in [9.17, 15) is 9.18 Å². The summed E-state index contributed by atoms with van der Waals surface area (Å²) in [5.41, 5.74) is 3.34. The first-order chi connectivity index (χ1) is 10.6. The molecule has 0 bridgehead atoms. The van der Waals surface area contributed by atoms with Crippen LogP contribution < -0.4 is 5.32 Å². The van der Waals surface area contributed by atoms with Crippen LogP contribution in [0.2, 0.25) is 0 Å². The number of hydrogen-bond donors (Lipinski definition) is 1. The van der Waals surface area contributed by atoms with Crippen LogP contribution in [0.1, 0.15) is 29.5 Å². The predicted molar refractivity (Wildman–Crippen MR) is 85.2 cm³/mol. The Kier molecular flexibility index (Phi) is 3.97. The molecule has 114 valence electrons. The molecule has 1 saturated carbocycles. The number of hydrogen-bond acceptors (Lipinski definition) is 1. The van der Waals surface area contributed by atoms with Gasteiger partial charge < -0.3 is 5.32 Å². The number of benzene rings is 2. The lowest BCUT2D eigenvalue weighted by Gasteiger charge is -2.16. The van der Waals surface area contributed by atoms with E-state index in [2.05, 4.69) is 5.32 Å². The summed E-state index contributed by atoms with van der Waals surface area (Å²) in [5.74, 6) is -0.180. The van der Waals surface area contributed by atoms with Gasteiger partial charge in [-0.2, -0.15) is 0 Å². The Morgan fingerprint density at radius 3 is 2.32 bits per heavy atom. The van der Waals surface area contributed by atoms with Crippen LogP contribution in [0, 0.1) is 12.7 Å². The van der Waals surface area contributed by atoms with E-state index in [0.29, 0.717) is 13.0 Å². The van der Waals surface area contributed by atoms with Crippen molar-refractivity contribution >= 4 is 5.91 Å². The maximum Gasteiger partial charge on any atom is 0.224 e. The Morgan fingerprint density at radius 1 is 1.09 bits per heavy atom. The summed E-state index contributed by atoms with van der Waals surface area (Å²) in [7, 11) is 0. The monoisotopic (exact) mass is 297 g/mol. The maximum atomic E-state index is 13.0. The summed E-state index contributed by atoms with van der Waals surface area (Å²) in [6.07, 6.45) is 2.49. The quantitative estimate of drug-likeness (QED) is 0.899. The van der Waals surface area contributed by atoms with Gasteiger partial charge in [0, 0.05) is 12.0 Å². The van der Waals surface area contributed by atoms with Crippen LogP contribution >= 0.6 is 0 Å². The summed E-state index contributed by atoms with van der Waals surface area (Å²) in [6.45, 7) is 2.66. The van der Waals surface area contributed by atoms with E-state index in [1.165, 1.54) is 17.7 Å². The van der Waals surface area contributed by atoms with Crippen molar-refractivity contribution in [2.24, 2.45) is 0 Å². The van der Waals surface area contributed by atoms with Crippen molar-refractivity contribution < 1.29 is 9.18 Å². The Hall–Kier alpha value is -2.16. The van der Waals surface area contributed by atoms with Crippen molar-refractivity contribution in [3.05, 3.63) is 71.0 Å². The van der Waals surface area contributed by atoms with Crippen LogP contribution in [0.25, 0.3) is 0 Å². The Bertz CT molecular complexity index is 657. The minimum Gasteiger partial charge on any atom is -0.355 e. The molecule has 1 amide bonds. The van der Waals surface area contributed by atoms with Crippen molar-refractivity contribution in [3.63, 3.8) is 0 Å². The van der Waals surface area contributed by atoms with Gasteiger partial charge in [-0.3, -0.25) is 4.79 Å². The molecule has 22 heavy (non-hydrogen) atoms. The molecule has 2 aromatic rings. The normalized spacial score (nSPS) is 15.4. The zero-order chi connectivity index (χ0) is 15.6. The maximum absolute atomic E-state index is 13.0. The molecular weight excluding hydrogens is 277 g/mol. The summed E-state index contributed by atoms with van der Waals surface area (Å²) >= 11 is 0. The smallest absolute Gasteiger partial charge is 0.224 e. The molecule has 3 rings (SSSR count). The average Bonchev–Trinajstić information content (AvgIpc) is 3.30. The number of amides is 1. The highest BCUT2D eigenvalue weighted by atomic mass is 19.1. The van der Waals surface area contributed by atoms with E-state index in [1.54, 1.807) is 0 Å². The van der Waals surface area contributed by atoms with Crippen molar-refractivity contribution in [3.8, 4) is 0 Å². The largest absolute Gasteiger partial charge is 0.355 e. The molecule has 1 fully saturated rings. The second-order valence-corrected chi connectivity index (χ2v) is 6.23. The van der Waals surface area contributed by atoms with Gasteiger partial charge in [0.15, 0.2) is 0 Å². The summed E-state index contributed by atoms with van der Waals surface area (Å²) < 4.78 is 13.0. The summed E-state index contributed by atoms with van der Waals surface area (Å²) in [5, 5.41) is 3.03. The molecule has 0 aliphatic heterocycles. The summed E-state index contributed by atoms with van der Waals surface area (Å²) in [6, 6.07) is 14.6. The zero-order valence-corrected chi connectivity index (χ0v) is 12.7. The number of carbonyl (C=O) groups excluding carboxylic acids is 1. The third kappa shape index (κ3) is 3.35. The fraction of sp³-hybridized carbons (Fsp3) is 0.316. The van der Waals surface area contributed by atoms with Crippen molar-refractivity contribution in [2.45, 2.75) is 31.6 Å². The second-order valence-electron chi connectivity index (χ2n) is 6.23. The fourth-order valence-corrected chi connectivity index (χ4v) is 2.74. The number of nitrogens with one attached hydrogen (secondary N) is 1. The highest BCUT2D eigenvalue weighted by molar-refractivity contribution is 5.78. The van der Waals surface area contributed by atoms with Gasteiger partial charge in [-0.15, -0.1) is 0 Å². The first-order valence-corrected chi connectivity index (χ1v) is 7.66. The number of halogens is 1. The molecule has 0 heterocycles. The lowest BCUT2D eigenvalue weighted by atomic mass is 9.96. The summed E-state index contributed by atoms with van der Waals surface area (Å²) in [4.78, 5) is 12.1. The highest BCUT2D eigenvalue weighted by Gasteiger charge is 2.44. The minimum absolute atomic E-state index is 0.0106. The van der Waals surface area contributed by atoms with Gasteiger partial charge in [-0.1, -0.05) is 42.0 Å². The molecule has 0 unspecified atom stereocenters. The molecule has 0 aromatic heterocycles. The molecular formula is C19H20FNO. The van der Waals surface area contributed by atoms with E-state index in [4.69, 9.17) is 0 Å². The molecule has 2 nitrogen and oxygen atoms in total. The van der Waals surface area contributed by atoms with E-state index in [-0.39, 0.29) is 17.1 Å². The molecule has 1 N–H and O–H groups in total. The van der Waals surface area contributed by atoms with Crippen molar-refractivity contribution in [2.75, 3.05) is 6.54 Å². The van der Waals surface area contributed by atoms with E-state index in [1.807, 2.05) is 43.3 Å². The molecule has 2 aromatic carbocycles. The minimum atomic E-state index is -0.219. The number of carbonyl (C=O) groups is 1. The van der Waals surface area contributed by atoms with E-state index >= 15 is 0 Å². The van der Waals surface area contributed by atoms with E-state index in [0.717, 1.165) is 24.0 Å². The average molecular weight is 297 g/mol. The number of rotatable bonds is 5. The SMILES string of the molecule is Cc1ccc(CC(=O)NCC2(c3ccc(F)cc3)CC2)cc1. The van der Waals surface area contributed by atoms with Crippen LogP contribution in [0.15, 0.2) is 48.5 Å². The van der Waals surface area contributed by atoms with Gasteiger partial charge in [0.2, 0.25) is 5.91 Å². The van der Waals surface area contributed by atoms with Crippen LogP contribution in [0.4, 0.5) is 4.39 Å². The van der Waals surface area contributed by atoms with Gasteiger partial charge in [0.05, 0.1) is 6.42 Å². The topological polar surface area (TPSA) is 29.1 Å². The first-order valence-electron chi connectivity index (χ1n) is 7.66. The van der Waals surface area contributed by atoms with E-state index < -0.39 is 0 Å². The van der Waals surface area contributed by atoms with Gasteiger partial charge >= 0.3 is 0 Å². The lowest BCUT2D eigenvalue weighted by Crippen LogP contribution is -2.33. The molecule has 1 aliphatic rings. The molecule has 0 spiro atoms.